The van der Waals surface area contributed by atoms with E-state index in [-0.39, 0.29) is 32.2 Å². The molecule has 3 rings (SSSR count). The third kappa shape index (κ3) is 10.6. The first-order chi connectivity index (χ1) is 19.7. The average Bonchev–Trinajstić information content (AvgIpc) is 2.96. The SMILES string of the molecule is C=C(C)C(=O)OCCOc1ccc(C=Cc2ccc(C=Cc3cccc(OCCOC(=O)C(=C)C)c3)c(F)c2)cc1. The fourth-order valence-electron chi connectivity index (χ4n) is 3.38. The van der Waals surface area contributed by atoms with Gasteiger partial charge in [0.15, 0.2) is 0 Å². The lowest BCUT2D eigenvalue weighted by atomic mass is 10.1. The van der Waals surface area contributed by atoms with Gasteiger partial charge in [-0.15, -0.1) is 0 Å². The summed E-state index contributed by atoms with van der Waals surface area (Å²) >= 11 is 0. The molecule has 0 heterocycles. The first-order valence-electron chi connectivity index (χ1n) is 13.0. The number of carbonyl (C=O) groups is 2. The maximum absolute atomic E-state index is 14.8. The predicted molar refractivity (Wildman–Crippen MR) is 160 cm³/mol. The zero-order chi connectivity index (χ0) is 29.6. The minimum absolute atomic E-state index is 0.119. The Bertz CT molecular complexity index is 1440. The van der Waals surface area contributed by atoms with Crippen molar-refractivity contribution >= 4 is 36.2 Å². The van der Waals surface area contributed by atoms with Crippen LogP contribution in [0, 0.1) is 5.82 Å². The zero-order valence-corrected chi connectivity index (χ0v) is 23.2. The minimum atomic E-state index is -0.452. The van der Waals surface area contributed by atoms with Gasteiger partial charge in [0.2, 0.25) is 0 Å². The van der Waals surface area contributed by atoms with E-state index in [1.165, 1.54) is 6.07 Å². The van der Waals surface area contributed by atoms with E-state index in [2.05, 4.69) is 13.2 Å². The fraction of sp³-hybridized carbons (Fsp3) is 0.176. The third-order valence-corrected chi connectivity index (χ3v) is 5.55. The highest BCUT2D eigenvalue weighted by molar-refractivity contribution is 5.87. The Balaban J connectivity index is 1.50. The first kappa shape index (κ1) is 30.6. The molecular weight excluding hydrogens is 523 g/mol. The van der Waals surface area contributed by atoms with Crippen LogP contribution in [0.25, 0.3) is 24.3 Å². The molecule has 0 bridgehead atoms. The van der Waals surface area contributed by atoms with Crippen LogP contribution in [-0.4, -0.2) is 38.4 Å². The van der Waals surface area contributed by atoms with Crippen molar-refractivity contribution in [2.24, 2.45) is 0 Å². The molecule has 0 aliphatic carbocycles. The zero-order valence-electron chi connectivity index (χ0n) is 23.2. The Hall–Kier alpha value is -4.91. The molecule has 0 saturated carbocycles. The van der Waals surface area contributed by atoms with E-state index in [1.807, 2.05) is 60.7 Å². The summed E-state index contributed by atoms with van der Waals surface area (Å²) in [5, 5.41) is 0. The van der Waals surface area contributed by atoms with E-state index in [0.29, 0.717) is 28.2 Å². The molecule has 41 heavy (non-hydrogen) atoms. The molecule has 0 aliphatic heterocycles. The lowest BCUT2D eigenvalue weighted by Crippen LogP contribution is -2.12. The molecule has 3 aromatic carbocycles. The van der Waals surface area contributed by atoms with E-state index in [0.717, 1.165) is 16.7 Å². The van der Waals surface area contributed by atoms with Crippen LogP contribution in [0.15, 0.2) is 91.0 Å². The van der Waals surface area contributed by atoms with Crippen molar-refractivity contribution in [3.05, 3.63) is 119 Å². The van der Waals surface area contributed by atoms with Crippen molar-refractivity contribution in [3.8, 4) is 11.5 Å². The van der Waals surface area contributed by atoms with Gasteiger partial charge in [0.05, 0.1) is 0 Å². The molecular formula is C34H33FO6. The van der Waals surface area contributed by atoms with Gasteiger partial charge >= 0.3 is 11.9 Å². The smallest absolute Gasteiger partial charge is 0.333 e. The van der Waals surface area contributed by atoms with Gasteiger partial charge in [-0.2, -0.15) is 0 Å². The number of ether oxygens (including phenoxy) is 4. The van der Waals surface area contributed by atoms with Crippen LogP contribution in [0.1, 0.15) is 36.1 Å². The van der Waals surface area contributed by atoms with Gasteiger partial charge in [-0.25, -0.2) is 14.0 Å². The highest BCUT2D eigenvalue weighted by Crippen LogP contribution is 2.20. The number of benzene rings is 3. The maximum atomic E-state index is 14.8. The van der Waals surface area contributed by atoms with Crippen molar-refractivity contribution in [2.75, 3.05) is 26.4 Å². The van der Waals surface area contributed by atoms with Crippen LogP contribution in [0.3, 0.4) is 0 Å². The largest absolute Gasteiger partial charge is 0.490 e. The van der Waals surface area contributed by atoms with Gasteiger partial charge in [-0.05, 0) is 60.9 Å². The van der Waals surface area contributed by atoms with E-state index in [4.69, 9.17) is 18.9 Å². The lowest BCUT2D eigenvalue weighted by Gasteiger charge is -2.08. The van der Waals surface area contributed by atoms with Gasteiger partial charge in [-0.1, -0.05) is 73.9 Å². The van der Waals surface area contributed by atoms with Crippen LogP contribution in [0.2, 0.25) is 0 Å². The molecule has 0 aromatic heterocycles. The number of esters is 2. The summed E-state index contributed by atoms with van der Waals surface area (Å²) in [4.78, 5) is 22.8. The fourth-order valence-corrected chi connectivity index (χ4v) is 3.38. The Morgan fingerprint density at radius 3 is 1.80 bits per heavy atom. The Morgan fingerprint density at radius 2 is 1.20 bits per heavy atom. The van der Waals surface area contributed by atoms with Crippen LogP contribution < -0.4 is 9.47 Å². The third-order valence-electron chi connectivity index (χ3n) is 5.55. The Labute approximate surface area is 240 Å². The van der Waals surface area contributed by atoms with Gasteiger partial charge < -0.3 is 18.9 Å². The molecule has 0 spiro atoms. The van der Waals surface area contributed by atoms with E-state index >= 15 is 0 Å². The van der Waals surface area contributed by atoms with Crippen molar-refractivity contribution < 1.29 is 32.9 Å². The molecule has 0 unspecified atom stereocenters. The summed E-state index contributed by atoms with van der Waals surface area (Å²) in [6.07, 6.45) is 7.22. The number of halogens is 1. The first-order valence-corrected chi connectivity index (χ1v) is 13.0. The van der Waals surface area contributed by atoms with Gasteiger partial charge in [0.1, 0.15) is 43.7 Å². The molecule has 0 amide bonds. The minimum Gasteiger partial charge on any atom is -0.490 e. The topological polar surface area (TPSA) is 71.1 Å². The van der Waals surface area contributed by atoms with Crippen molar-refractivity contribution in [3.63, 3.8) is 0 Å². The summed E-state index contributed by atoms with van der Waals surface area (Å²) in [6.45, 7) is 10.9. The van der Waals surface area contributed by atoms with Crippen LogP contribution in [0.5, 0.6) is 11.5 Å². The Morgan fingerprint density at radius 1 is 0.659 bits per heavy atom. The summed E-state index contributed by atoms with van der Waals surface area (Å²) in [6, 6.07) is 19.8. The van der Waals surface area contributed by atoms with Gasteiger partial charge in [-0.3, -0.25) is 0 Å². The quantitative estimate of drug-likeness (QED) is 0.0908. The van der Waals surface area contributed by atoms with Crippen molar-refractivity contribution in [1.82, 2.24) is 0 Å². The molecule has 6 nitrogen and oxygen atoms in total. The summed E-state index contributed by atoms with van der Waals surface area (Å²) in [5.41, 5.74) is 3.62. The second-order valence-corrected chi connectivity index (χ2v) is 9.12. The summed E-state index contributed by atoms with van der Waals surface area (Å²) < 4.78 is 36.0. The Kier molecular flexibility index (Phi) is 11.7. The molecule has 0 saturated heterocycles. The van der Waals surface area contributed by atoms with Gasteiger partial charge in [0.25, 0.3) is 0 Å². The lowest BCUT2D eigenvalue weighted by molar-refractivity contribution is -0.140. The standard InChI is InChI=1S/C34H33FO6/c1-24(2)33(36)40-20-18-38-30-16-12-26(13-17-30)8-9-28-11-15-29(32(35)23-28)14-10-27-6-5-7-31(22-27)39-19-21-41-34(37)25(3)4/h5-17,22-23H,1,3,18-21H2,2,4H3. The molecule has 212 valence electrons. The van der Waals surface area contributed by atoms with Crippen LogP contribution in [0.4, 0.5) is 4.39 Å². The maximum Gasteiger partial charge on any atom is 0.333 e. The second kappa shape index (κ2) is 15.6. The highest BCUT2D eigenvalue weighted by atomic mass is 19.1. The van der Waals surface area contributed by atoms with Crippen LogP contribution in [-0.2, 0) is 19.1 Å². The van der Waals surface area contributed by atoms with Crippen molar-refractivity contribution in [1.29, 1.82) is 0 Å². The molecule has 0 atom stereocenters. The predicted octanol–water partition coefficient (Wildman–Crippen LogP) is 7.16. The summed E-state index contributed by atoms with van der Waals surface area (Å²) in [7, 11) is 0. The molecule has 0 radical (unpaired) electrons. The second-order valence-electron chi connectivity index (χ2n) is 9.12. The van der Waals surface area contributed by atoms with Gasteiger partial charge in [0, 0.05) is 16.7 Å². The number of hydrogen-bond acceptors (Lipinski definition) is 6. The normalized spacial score (nSPS) is 10.9. The highest BCUT2D eigenvalue weighted by Gasteiger charge is 2.04. The molecule has 0 fully saturated rings. The van der Waals surface area contributed by atoms with E-state index in [1.54, 1.807) is 38.1 Å². The monoisotopic (exact) mass is 556 g/mol. The van der Waals surface area contributed by atoms with E-state index in [9.17, 15) is 14.0 Å². The molecule has 3 aromatic rings. The molecule has 7 heteroatoms. The number of rotatable bonds is 14. The molecule has 0 aliphatic rings. The number of hydrogen-bond donors (Lipinski definition) is 0. The number of carbonyl (C=O) groups excluding carboxylic acids is 2. The average molecular weight is 557 g/mol. The van der Waals surface area contributed by atoms with Crippen molar-refractivity contribution in [2.45, 2.75) is 13.8 Å². The summed E-state index contributed by atoms with van der Waals surface area (Å²) in [5.74, 6) is 0.0290. The van der Waals surface area contributed by atoms with Crippen LogP contribution >= 0.6 is 0 Å². The van der Waals surface area contributed by atoms with E-state index < -0.39 is 11.9 Å². The molecule has 0 N–H and O–H groups in total.